The van der Waals surface area contributed by atoms with Crippen LogP contribution in [0, 0.1) is 5.92 Å². The monoisotopic (exact) mass is 278 g/mol. The van der Waals surface area contributed by atoms with Crippen LogP contribution in [0.2, 0.25) is 0 Å². The first-order valence-electron chi connectivity index (χ1n) is 7.28. The highest BCUT2D eigenvalue weighted by Gasteiger charge is 2.12. The minimum Gasteiger partial charge on any atom is -0.466 e. The molecule has 1 unspecified atom stereocenters. The number of para-hydroxylation sites is 1. The summed E-state index contributed by atoms with van der Waals surface area (Å²) in [5.74, 6) is -0.205. The highest BCUT2D eigenvalue weighted by molar-refractivity contribution is 5.72. The molecule has 0 saturated heterocycles. The van der Waals surface area contributed by atoms with Gasteiger partial charge in [-0.25, -0.2) is 0 Å². The number of benzene rings is 1. The molecule has 0 aliphatic heterocycles. The van der Waals surface area contributed by atoms with Gasteiger partial charge in [0.1, 0.15) is 0 Å². The summed E-state index contributed by atoms with van der Waals surface area (Å²) in [6, 6.07) is 10.3. The van der Waals surface area contributed by atoms with Crippen LogP contribution in [0.4, 0.5) is 5.69 Å². The zero-order chi connectivity index (χ0) is 14.8. The number of carbonyl (C=O) groups is 1. The number of anilines is 1. The number of hydrogen-bond acceptors (Lipinski definition) is 4. The molecule has 4 nitrogen and oxygen atoms in total. The maximum Gasteiger partial charge on any atom is 0.309 e. The normalized spacial score (nSPS) is 11.9. The zero-order valence-electron chi connectivity index (χ0n) is 12.8. The fourth-order valence-electron chi connectivity index (χ4n) is 1.94. The fraction of sp³-hybridized carbons (Fsp3) is 0.562. The van der Waals surface area contributed by atoms with Crippen molar-refractivity contribution in [2.75, 3.05) is 38.2 Å². The maximum atomic E-state index is 11.4. The summed E-state index contributed by atoms with van der Waals surface area (Å²) in [5, 5.41) is 3.30. The molecular formula is C16H26N2O2. The van der Waals surface area contributed by atoms with E-state index in [-0.39, 0.29) is 11.9 Å². The van der Waals surface area contributed by atoms with Crippen molar-refractivity contribution in [3.8, 4) is 0 Å². The van der Waals surface area contributed by atoms with E-state index in [1.165, 1.54) is 5.69 Å². The first-order valence-corrected chi connectivity index (χ1v) is 7.28. The van der Waals surface area contributed by atoms with E-state index in [2.05, 4.69) is 29.4 Å². The molecule has 0 heterocycles. The summed E-state index contributed by atoms with van der Waals surface area (Å²) >= 11 is 0. The lowest BCUT2D eigenvalue weighted by atomic mass is 10.2. The molecule has 1 N–H and O–H groups in total. The van der Waals surface area contributed by atoms with Crippen molar-refractivity contribution in [2.24, 2.45) is 5.92 Å². The van der Waals surface area contributed by atoms with Crippen molar-refractivity contribution in [2.45, 2.75) is 20.3 Å². The lowest BCUT2D eigenvalue weighted by molar-refractivity contribution is -0.147. The quantitative estimate of drug-likeness (QED) is 0.556. The third-order valence-electron chi connectivity index (χ3n) is 3.18. The number of hydrogen-bond donors (Lipinski definition) is 1. The van der Waals surface area contributed by atoms with E-state index in [1.807, 2.05) is 32.0 Å². The molecule has 20 heavy (non-hydrogen) atoms. The summed E-state index contributed by atoms with van der Waals surface area (Å²) in [7, 11) is 2.09. The Morgan fingerprint density at radius 2 is 2.05 bits per heavy atom. The van der Waals surface area contributed by atoms with E-state index in [4.69, 9.17) is 4.74 Å². The second-order valence-corrected chi connectivity index (χ2v) is 4.97. The lowest BCUT2D eigenvalue weighted by Crippen LogP contribution is -2.30. The Labute approximate surface area is 122 Å². The van der Waals surface area contributed by atoms with Crippen LogP contribution in [0.5, 0.6) is 0 Å². The molecule has 0 aromatic heterocycles. The molecule has 4 heteroatoms. The van der Waals surface area contributed by atoms with Crippen molar-refractivity contribution < 1.29 is 9.53 Å². The minimum atomic E-state index is -0.124. The van der Waals surface area contributed by atoms with Crippen molar-refractivity contribution in [3.63, 3.8) is 0 Å². The predicted octanol–water partition coefficient (Wildman–Crippen LogP) is 2.30. The first kappa shape index (κ1) is 16.5. The molecule has 0 fully saturated rings. The third kappa shape index (κ3) is 6.06. The van der Waals surface area contributed by atoms with Crippen LogP contribution in [0.15, 0.2) is 30.3 Å². The molecule has 0 saturated carbocycles. The predicted molar refractivity (Wildman–Crippen MR) is 83.0 cm³/mol. The first-order chi connectivity index (χ1) is 9.65. The van der Waals surface area contributed by atoms with Crippen LogP contribution in [-0.2, 0) is 9.53 Å². The standard InChI is InChI=1S/C16H26N2O2/c1-4-20-16(19)14(2)13-17-11-8-12-18(3)15-9-6-5-7-10-15/h5-7,9-10,14,17H,4,8,11-13H2,1-3H3. The molecule has 0 amide bonds. The van der Waals surface area contributed by atoms with Gasteiger partial charge in [-0.15, -0.1) is 0 Å². The number of carbonyl (C=O) groups excluding carboxylic acids is 1. The average molecular weight is 278 g/mol. The molecule has 1 aromatic rings. The van der Waals surface area contributed by atoms with E-state index in [9.17, 15) is 4.79 Å². The smallest absolute Gasteiger partial charge is 0.309 e. The van der Waals surface area contributed by atoms with Gasteiger partial charge in [0.05, 0.1) is 12.5 Å². The molecule has 112 valence electrons. The van der Waals surface area contributed by atoms with Crippen LogP contribution < -0.4 is 10.2 Å². The van der Waals surface area contributed by atoms with Gasteiger partial charge < -0.3 is 15.0 Å². The molecule has 1 rings (SSSR count). The number of esters is 1. The van der Waals surface area contributed by atoms with Gasteiger partial charge in [-0.3, -0.25) is 4.79 Å². The van der Waals surface area contributed by atoms with Crippen molar-refractivity contribution >= 4 is 11.7 Å². The van der Waals surface area contributed by atoms with Crippen LogP contribution in [0.1, 0.15) is 20.3 Å². The molecular weight excluding hydrogens is 252 g/mol. The van der Waals surface area contributed by atoms with E-state index in [0.717, 1.165) is 19.5 Å². The summed E-state index contributed by atoms with van der Waals surface area (Å²) in [6.07, 6.45) is 1.04. The van der Waals surface area contributed by atoms with Gasteiger partial charge in [-0.05, 0) is 32.0 Å². The number of nitrogens with one attached hydrogen (secondary N) is 1. The number of nitrogens with zero attached hydrogens (tertiary/aromatic N) is 1. The van der Waals surface area contributed by atoms with E-state index in [0.29, 0.717) is 13.2 Å². The molecule has 0 radical (unpaired) electrons. The minimum absolute atomic E-state index is 0.0817. The van der Waals surface area contributed by atoms with Gasteiger partial charge in [0.15, 0.2) is 0 Å². The molecule has 0 aliphatic rings. The fourth-order valence-corrected chi connectivity index (χ4v) is 1.94. The van der Waals surface area contributed by atoms with Crippen LogP contribution >= 0.6 is 0 Å². The van der Waals surface area contributed by atoms with Gasteiger partial charge >= 0.3 is 5.97 Å². The van der Waals surface area contributed by atoms with Crippen molar-refractivity contribution in [1.29, 1.82) is 0 Å². The number of rotatable bonds is 9. The van der Waals surface area contributed by atoms with Crippen LogP contribution in [0.25, 0.3) is 0 Å². The third-order valence-corrected chi connectivity index (χ3v) is 3.18. The Morgan fingerprint density at radius 3 is 2.70 bits per heavy atom. The largest absolute Gasteiger partial charge is 0.466 e. The Bertz CT molecular complexity index is 381. The zero-order valence-corrected chi connectivity index (χ0v) is 12.8. The van der Waals surface area contributed by atoms with Crippen LogP contribution in [-0.4, -0.2) is 39.3 Å². The molecule has 1 atom stereocenters. The maximum absolute atomic E-state index is 11.4. The summed E-state index contributed by atoms with van der Waals surface area (Å²) in [5.41, 5.74) is 1.23. The SMILES string of the molecule is CCOC(=O)C(C)CNCCCN(C)c1ccccc1. The van der Waals surface area contributed by atoms with Gasteiger partial charge in [-0.1, -0.05) is 25.1 Å². The second kappa shape index (κ2) is 9.37. The highest BCUT2D eigenvalue weighted by atomic mass is 16.5. The van der Waals surface area contributed by atoms with Crippen LogP contribution in [0.3, 0.4) is 0 Å². The Kier molecular flexibility index (Phi) is 7.73. The van der Waals surface area contributed by atoms with Gasteiger partial charge in [0.25, 0.3) is 0 Å². The summed E-state index contributed by atoms with van der Waals surface area (Å²) in [4.78, 5) is 13.7. The van der Waals surface area contributed by atoms with Gasteiger partial charge in [-0.2, -0.15) is 0 Å². The summed E-state index contributed by atoms with van der Waals surface area (Å²) < 4.78 is 4.97. The van der Waals surface area contributed by atoms with E-state index < -0.39 is 0 Å². The molecule has 0 spiro atoms. The number of ether oxygens (including phenoxy) is 1. The Balaban J connectivity index is 2.12. The highest BCUT2D eigenvalue weighted by Crippen LogP contribution is 2.10. The molecule has 0 bridgehead atoms. The topological polar surface area (TPSA) is 41.6 Å². The Hall–Kier alpha value is -1.55. The van der Waals surface area contributed by atoms with Crippen molar-refractivity contribution in [3.05, 3.63) is 30.3 Å². The van der Waals surface area contributed by atoms with E-state index in [1.54, 1.807) is 0 Å². The lowest BCUT2D eigenvalue weighted by Gasteiger charge is -2.19. The van der Waals surface area contributed by atoms with Gasteiger partial charge in [0, 0.05) is 25.8 Å². The molecule has 0 aliphatic carbocycles. The second-order valence-electron chi connectivity index (χ2n) is 4.97. The Morgan fingerprint density at radius 1 is 1.35 bits per heavy atom. The summed E-state index contributed by atoms with van der Waals surface area (Å²) in [6.45, 7) is 6.74. The van der Waals surface area contributed by atoms with E-state index >= 15 is 0 Å². The molecule has 1 aromatic carbocycles. The van der Waals surface area contributed by atoms with Gasteiger partial charge in [0.2, 0.25) is 0 Å². The van der Waals surface area contributed by atoms with Crippen molar-refractivity contribution in [1.82, 2.24) is 5.32 Å². The average Bonchev–Trinajstić information content (AvgIpc) is 2.47.